The third-order valence-electron chi connectivity index (χ3n) is 2.54. The zero-order valence-electron chi connectivity index (χ0n) is 10.0. The first-order valence-corrected chi connectivity index (χ1v) is 7.08. The van der Waals surface area contributed by atoms with Crippen LogP contribution >= 0.6 is 23.4 Å². The highest BCUT2D eigenvalue weighted by Gasteiger charge is 2.08. The SMILES string of the molecule is CSCCN(C)c1ccc(C(C)N)cc1Cl. The van der Waals surface area contributed by atoms with E-state index >= 15 is 0 Å². The molecule has 0 spiro atoms. The number of nitrogens with zero attached hydrogens (tertiary/aromatic N) is 1. The minimum absolute atomic E-state index is 0.0306. The highest BCUT2D eigenvalue weighted by atomic mass is 35.5. The molecule has 0 aliphatic heterocycles. The number of nitrogens with two attached hydrogens (primary N) is 1. The van der Waals surface area contributed by atoms with Crippen molar-refractivity contribution in [2.45, 2.75) is 13.0 Å². The topological polar surface area (TPSA) is 29.3 Å². The fourth-order valence-electron chi connectivity index (χ4n) is 1.46. The van der Waals surface area contributed by atoms with Gasteiger partial charge in [0.1, 0.15) is 0 Å². The van der Waals surface area contributed by atoms with E-state index in [0.717, 1.165) is 28.6 Å². The molecule has 0 aliphatic rings. The summed E-state index contributed by atoms with van der Waals surface area (Å²) in [5.41, 5.74) is 7.96. The van der Waals surface area contributed by atoms with E-state index < -0.39 is 0 Å². The van der Waals surface area contributed by atoms with Crippen LogP contribution in [0.1, 0.15) is 18.5 Å². The highest BCUT2D eigenvalue weighted by molar-refractivity contribution is 7.98. The first-order chi connectivity index (χ1) is 7.56. The zero-order chi connectivity index (χ0) is 12.1. The van der Waals surface area contributed by atoms with E-state index in [2.05, 4.69) is 18.2 Å². The molecular weight excluding hydrogens is 240 g/mol. The van der Waals surface area contributed by atoms with E-state index in [1.807, 2.05) is 36.9 Å². The van der Waals surface area contributed by atoms with Crippen LogP contribution < -0.4 is 10.6 Å². The van der Waals surface area contributed by atoms with E-state index in [9.17, 15) is 0 Å². The summed E-state index contributed by atoms with van der Waals surface area (Å²) in [6.45, 7) is 2.96. The van der Waals surface area contributed by atoms with Gasteiger partial charge in [-0.1, -0.05) is 17.7 Å². The lowest BCUT2D eigenvalue weighted by Gasteiger charge is -2.21. The molecule has 0 saturated heterocycles. The number of thioether (sulfide) groups is 1. The van der Waals surface area contributed by atoms with Crippen molar-refractivity contribution in [3.63, 3.8) is 0 Å². The summed E-state index contributed by atoms with van der Waals surface area (Å²) in [4.78, 5) is 2.17. The summed E-state index contributed by atoms with van der Waals surface area (Å²) in [6, 6.07) is 6.07. The van der Waals surface area contributed by atoms with Crippen LogP contribution in [0.4, 0.5) is 5.69 Å². The summed E-state index contributed by atoms with van der Waals surface area (Å²) in [6.07, 6.45) is 2.11. The van der Waals surface area contributed by atoms with Gasteiger partial charge in [0.15, 0.2) is 0 Å². The Labute approximate surface area is 107 Å². The van der Waals surface area contributed by atoms with Gasteiger partial charge < -0.3 is 10.6 Å². The minimum Gasteiger partial charge on any atom is -0.373 e. The molecule has 1 rings (SSSR count). The monoisotopic (exact) mass is 258 g/mol. The van der Waals surface area contributed by atoms with Crippen LogP contribution in [0.5, 0.6) is 0 Å². The van der Waals surface area contributed by atoms with Crippen molar-refractivity contribution in [2.75, 3.05) is 30.5 Å². The Kier molecular flexibility index (Phi) is 5.46. The molecular formula is C12H19ClN2S. The minimum atomic E-state index is 0.0306. The Morgan fingerprint density at radius 1 is 1.50 bits per heavy atom. The fourth-order valence-corrected chi connectivity index (χ4v) is 2.25. The second kappa shape index (κ2) is 6.38. The molecule has 0 saturated carbocycles. The van der Waals surface area contributed by atoms with Crippen molar-refractivity contribution >= 4 is 29.1 Å². The molecule has 0 bridgehead atoms. The predicted octanol–water partition coefficient (Wildman–Crippen LogP) is 3.16. The average Bonchev–Trinajstić information content (AvgIpc) is 2.25. The lowest BCUT2D eigenvalue weighted by atomic mass is 10.1. The van der Waals surface area contributed by atoms with Gasteiger partial charge in [0.25, 0.3) is 0 Å². The van der Waals surface area contributed by atoms with Crippen molar-refractivity contribution in [1.29, 1.82) is 0 Å². The number of benzene rings is 1. The molecule has 4 heteroatoms. The molecule has 2 nitrogen and oxygen atoms in total. The summed E-state index contributed by atoms with van der Waals surface area (Å²) >= 11 is 8.08. The van der Waals surface area contributed by atoms with Gasteiger partial charge in [-0.25, -0.2) is 0 Å². The average molecular weight is 259 g/mol. The number of anilines is 1. The summed E-state index contributed by atoms with van der Waals surface area (Å²) in [5, 5.41) is 0.776. The number of hydrogen-bond acceptors (Lipinski definition) is 3. The molecule has 1 aromatic rings. The largest absolute Gasteiger partial charge is 0.373 e. The smallest absolute Gasteiger partial charge is 0.0642 e. The van der Waals surface area contributed by atoms with E-state index in [-0.39, 0.29) is 6.04 Å². The van der Waals surface area contributed by atoms with Crippen LogP contribution in [0.3, 0.4) is 0 Å². The van der Waals surface area contributed by atoms with Crippen LogP contribution in [0.2, 0.25) is 5.02 Å². The molecule has 0 aliphatic carbocycles. The standard InChI is InChI=1S/C12H19ClN2S/c1-9(14)10-4-5-12(11(13)8-10)15(2)6-7-16-3/h4-5,8-9H,6-7,14H2,1-3H3. The van der Waals surface area contributed by atoms with E-state index in [0.29, 0.717) is 0 Å². The van der Waals surface area contributed by atoms with Crippen LogP contribution in [-0.2, 0) is 0 Å². The molecule has 0 heterocycles. The fraction of sp³-hybridized carbons (Fsp3) is 0.500. The van der Waals surface area contributed by atoms with Crippen LogP contribution in [0, 0.1) is 0 Å². The quantitative estimate of drug-likeness (QED) is 0.880. The van der Waals surface area contributed by atoms with Crippen molar-refractivity contribution in [3.05, 3.63) is 28.8 Å². The molecule has 1 unspecified atom stereocenters. The molecule has 0 amide bonds. The summed E-state index contributed by atoms with van der Waals surface area (Å²) < 4.78 is 0. The third kappa shape index (κ3) is 3.58. The van der Waals surface area contributed by atoms with Gasteiger partial charge in [-0.15, -0.1) is 0 Å². The van der Waals surface area contributed by atoms with Gasteiger partial charge in [0, 0.05) is 25.4 Å². The third-order valence-corrected chi connectivity index (χ3v) is 3.43. The van der Waals surface area contributed by atoms with Gasteiger partial charge in [-0.2, -0.15) is 11.8 Å². The van der Waals surface area contributed by atoms with Gasteiger partial charge in [-0.05, 0) is 30.9 Å². The maximum atomic E-state index is 6.24. The normalized spacial score (nSPS) is 12.6. The van der Waals surface area contributed by atoms with E-state index in [1.165, 1.54) is 0 Å². The second-order valence-electron chi connectivity index (χ2n) is 3.91. The highest BCUT2D eigenvalue weighted by Crippen LogP contribution is 2.27. The lowest BCUT2D eigenvalue weighted by Crippen LogP contribution is -2.20. The van der Waals surface area contributed by atoms with Crippen LogP contribution in [-0.4, -0.2) is 25.6 Å². The predicted molar refractivity (Wildman–Crippen MR) is 75.7 cm³/mol. The number of rotatable bonds is 5. The molecule has 2 N–H and O–H groups in total. The Balaban J connectivity index is 2.81. The van der Waals surface area contributed by atoms with Crippen molar-refractivity contribution < 1.29 is 0 Å². The number of hydrogen-bond donors (Lipinski definition) is 1. The van der Waals surface area contributed by atoms with Gasteiger partial charge in [0.2, 0.25) is 0 Å². The maximum Gasteiger partial charge on any atom is 0.0642 e. The van der Waals surface area contributed by atoms with Gasteiger partial charge >= 0.3 is 0 Å². The molecule has 1 atom stereocenters. The summed E-state index contributed by atoms with van der Waals surface area (Å²) in [5.74, 6) is 1.10. The van der Waals surface area contributed by atoms with Gasteiger partial charge in [-0.3, -0.25) is 0 Å². The van der Waals surface area contributed by atoms with Gasteiger partial charge in [0.05, 0.1) is 10.7 Å². The first-order valence-electron chi connectivity index (χ1n) is 5.31. The lowest BCUT2D eigenvalue weighted by molar-refractivity contribution is 0.817. The Bertz CT molecular complexity index is 342. The van der Waals surface area contributed by atoms with Crippen LogP contribution in [0.15, 0.2) is 18.2 Å². The first kappa shape index (κ1) is 13.7. The van der Waals surface area contributed by atoms with Crippen molar-refractivity contribution in [2.24, 2.45) is 5.73 Å². The molecule has 90 valence electrons. The Morgan fingerprint density at radius 2 is 2.19 bits per heavy atom. The van der Waals surface area contributed by atoms with Crippen molar-refractivity contribution in [3.8, 4) is 0 Å². The molecule has 0 aromatic heterocycles. The van der Waals surface area contributed by atoms with E-state index in [1.54, 1.807) is 0 Å². The Hall–Kier alpha value is -0.380. The zero-order valence-corrected chi connectivity index (χ0v) is 11.6. The molecule has 1 aromatic carbocycles. The second-order valence-corrected chi connectivity index (χ2v) is 5.31. The molecule has 0 fully saturated rings. The maximum absolute atomic E-state index is 6.24. The number of halogens is 1. The molecule has 0 radical (unpaired) electrons. The van der Waals surface area contributed by atoms with E-state index in [4.69, 9.17) is 17.3 Å². The van der Waals surface area contributed by atoms with Crippen molar-refractivity contribution in [1.82, 2.24) is 0 Å². The molecule has 16 heavy (non-hydrogen) atoms. The van der Waals surface area contributed by atoms with Crippen LogP contribution in [0.25, 0.3) is 0 Å². The summed E-state index contributed by atoms with van der Waals surface area (Å²) in [7, 11) is 2.06. The Morgan fingerprint density at radius 3 is 2.69 bits per heavy atom.